The predicted molar refractivity (Wildman–Crippen MR) is 121 cm³/mol. The zero-order valence-electron chi connectivity index (χ0n) is 17.1. The number of halogens is 1. The third kappa shape index (κ3) is 4.92. The molecule has 3 aromatic rings. The van der Waals surface area contributed by atoms with E-state index in [0.717, 1.165) is 4.31 Å². The van der Waals surface area contributed by atoms with Crippen LogP contribution < -0.4 is 19.1 Å². The van der Waals surface area contributed by atoms with E-state index in [1.165, 1.54) is 45.5 Å². The second kappa shape index (κ2) is 9.28. The van der Waals surface area contributed by atoms with Gasteiger partial charge < -0.3 is 14.8 Å². The SMILES string of the molecule is COc1ccc(N(C)S(=O)(=O)c2cccc(C(=O)Nc3cc(Cl)ccc3OC)c2)cc1. The number of methoxy groups -OCH3 is 2. The van der Waals surface area contributed by atoms with Crippen molar-refractivity contribution in [3.05, 3.63) is 77.3 Å². The summed E-state index contributed by atoms with van der Waals surface area (Å²) in [5, 5.41) is 3.12. The average molecular weight is 461 g/mol. The number of ether oxygens (including phenoxy) is 2. The number of nitrogens with one attached hydrogen (secondary N) is 1. The number of amides is 1. The molecule has 0 aliphatic rings. The Balaban J connectivity index is 1.88. The molecule has 0 aromatic heterocycles. The van der Waals surface area contributed by atoms with Gasteiger partial charge in [0, 0.05) is 17.6 Å². The normalized spacial score (nSPS) is 11.0. The summed E-state index contributed by atoms with van der Waals surface area (Å²) in [6.07, 6.45) is 0. The van der Waals surface area contributed by atoms with E-state index >= 15 is 0 Å². The molecule has 1 N–H and O–H groups in total. The molecule has 31 heavy (non-hydrogen) atoms. The van der Waals surface area contributed by atoms with Gasteiger partial charge in [-0.3, -0.25) is 9.10 Å². The van der Waals surface area contributed by atoms with Crippen LogP contribution in [0.5, 0.6) is 11.5 Å². The molecular weight excluding hydrogens is 440 g/mol. The van der Waals surface area contributed by atoms with Gasteiger partial charge in [0.25, 0.3) is 15.9 Å². The van der Waals surface area contributed by atoms with Crippen molar-refractivity contribution in [3.8, 4) is 11.5 Å². The highest BCUT2D eigenvalue weighted by molar-refractivity contribution is 7.92. The maximum Gasteiger partial charge on any atom is 0.264 e. The topological polar surface area (TPSA) is 84.9 Å². The lowest BCUT2D eigenvalue weighted by Gasteiger charge is -2.20. The van der Waals surface area contributed by atoms with Crippen LogP contribution in [0.4, 0.5) is 11.4 Å². The molecule has 162 valence electrons. The first-order valence-electron chi connectivity index (χ1n) is 9.14. The van der Waals surface area contributed by atoms with Crippen molar-refractivity contribution in [1.29, 1.82) is 0 Å². The number of benzene rings is 3. The van der Waals surface area contributed by atoms with Crippen molar-refractivity contribution in [2.45, 2.75) is 4.90 Å². The first-order valence-corrected chi connectivity index (χ1v) is 11.0. The zero-order chi connectivity index (χ0) is 22.6. The molecule has 0 bridgehead atoms. The van der Waals surface area contributed by atoms with Crippen molar-refractivity contribution >= 4 is 38.9 Å². The molecule has 0 saturated heterocycles. The van der Waals surface area contributed by atoms with E-state index in [4.69, 9.17) is 21.1 Å². The van der Waals surface area contributed by atoms with Crippen LogP contribution >= 0.6 is 11.6 Å². The quantitative estimate of drug-likeness (QED) is 0.563. The third-order valence-electron chi connectivity index (χ3n) is 4.60. The number of carbonyl (C=O) groups is 1. The van der Waals surface area contributed by atoms with Gasteiger partial charge in [0.2, 0.25) is 0 Å². The summed E-state index contributed by atoms with van der Waals surface area (Å²) in [6.45, 7) is 0. The largest absolute Gasteiger partial charge is 0.497 e. The van der Waals surface area contributed by atoms with E-state index < -0.39 is 15.9 Å². The molecule has 0 atom stereocenters. The van der Waals surface area contributed by atoms with Gasteiger partial charge in [-0.15, -0.1) is 0 Å². The van der Waals surface area contributed by atoms with E-state index in [2.05, 4.69) is 5.32 Å². The number of hydrogen-bond donors (Lipinski definition) is 1. The zero-order valence-corrected chi connectivity index (χ0v) is 18.7. The van der Waals surface area contributed by atoms with Crippen LogP contribution in [0.3, 0.4) is 0 Å². The highest BCUT2D eigenvalue weighted by Gasteiger charge is 2.23. The Kier molecular flexibility index (Phi) is 6.72. The third-order valence-corrected chi connectivity index (χ3v) is 6.62. The van der Waals surface area contributed by atoms with E-state index in [0.29, 0.717) is 27.9 Å². The van der Waals surface area contributed by atoms with Gasteiger partial charge in [0.1, 0.15) is 11.5 Å². The molecule has 0 saturated carbocycles. The lowest BCUT2D eigenvalue weighted by atomic mass is 10.2. The van der Waals surface area contributed by atoms with Gasteiger partial charge in [0.15, 0.2) is 0 Å². The highest BCUT2D eigenvalue weighted by Crippen LogP contribution is 2.29. The Morgan fingerprint density at radius 3 is 2.32 bits per heavy atom. The first kappa shape index (κ1) is 22.5. The number of rotatable bonds is 7. The fourth-order valence-electron chi connectivity index (χ4n) is 2.86. The average Bonchev–Trinajstić information content (AvgIpc) is 2.79. The van der Waals surface area contributed by atoms with Crippen LogP contribution in [0.2, 0.25) is 5.02 Å². The van der Waals surface area contributed by atoms with Crippen LogP contribution in [0, 0.1) is 0 Å². The molecule has 3 rings (SSSR count). The molecule has 0 heterocycles. The summed E-state index contributed by atoms with van der Waals surface area (Å²) in [5.74, 6) is 0.551. The van der Waals surface area contributed by atoms with E-state index in [-0.39, 0.29) is 10.5 Å². The molecule has 0 unspecified atom stereocenters. The molecule has 0 aliphatic carbocycles. The Bertz CT molecular complexity index is 1200. The maximum atomic E-state index is 13.1. The van der Waals surface area contributed by atoms with Gasteiger partial charge >= 0.3 is 0 Å². The van der Waals surface area contributed by atoms with Gasteiger partial charge in [0.05, 0.1) is 30.5 Å². The number of nitrogens with zero attached hydrogens (tertiary/aromatic N) is 1. The summed E-state index contributed by atoms with van der Waals surface area (Å²) < 4.78 is 37.7. The Morgan fingerprint density at radius 1 is 0.968 bits per heavy atom. The van der Waals surface area contributed by atoms with Crippen molar-refractivity contribution in [2.75, 3.05) is 30.9 Å². The van der Waals surface area contributed by atoms with E-state index in [1.54, 1.807) is 42.5 Å². The second-order valence-electron chi connectivity index (χ2n) is 6.50. The second-order valence-corrected chi connectivity index (χ2v) is 8.90. The van der Waals surface area contributed by atoms with Crippen molar-refractivity contribution in [1.82, 2.24) is 0 Å². The molecule has 0 fully saturated rings. The number of hydrogen-bond acceptors (Lipinski definition) is 5. The predicted octanol–water partition coefficient (Wildman–Crippen LogP) is 4.43. The lowest BCUT2D eigenvalue weighted by molar-refractivity contribution is 0.102. The summed E-state index contributed by atoms with van der Waals surface area (Å²) in [5.41, 5.74) is 1.01. The summed E-state index contributed by atoms with van der Waals surface area (Å²) in [6, 6.07) is 17.2. The molecule has 7 nitrogen and oxygen atoms in total. The smallest absolute Gasteiger partial charge is 0.264 e. The molecule has 0 spiro atoms. The van der Waals surface area contributed by atoms with Crippen molar-refractivity contribution < 1.29 is 22.7 Å². The van der Waals surface area contributed by atoms with E-state index in [1.807, 2.05) is 0 Å². The van der Waals surface area contributed by atoms with Gasteiger partial charge in [-0.25, -0.2) is 8.42 Å². The van der Waals surface area contributed by atoms with Crippen LogP contribution in [0.1, 0.15) is 10.4 Å². The number of sulfonamides is 1. The van der Waals surface area contributed by atoms with Gasteiger partial charge in [-0.1, -0.05) is 17.7 Å². The Hall–Kier alpha value is -3.23. The van der Waals surface area contributed by atoms with Crippen LogP contribution in [-0.2, 0) is 10.0 Å². The van der Waals surface area contributed by atoms with Crippen LogP contribution in [0.15, 0.2) is 71.6 Å². The highest BCUT2D eigenvalue weighted by atomic mass is 35.5. The van der Waals surface area contributed by atoms with Crippen LogP contribution in [-0.4, -0.2) is 35.6 Å². The van der Waals surface area contributed by atoms with Gasteiger partial charge in [-0.2, -0.15) is 0 Å². The minimum absolute atomic E-state index is 0.0171. The number of carbonyl (C=O) groups excluding carboxylic acids is 1. The summed E-state index contributed by atoms with van der Waals surface area (Å²) >= 11 is 6.00. The molecular formula is C22H21ClN2O5S. The summed E-state index contributed by atoms with van der Waals surface area (Å²) in [7, 11) is 0.558. The monoisotopic (exact) mass is 460 g/mol. The standard InChI is InChI=1S/C22H21ClN2O5S/c1-25(17-8-10-18(29-2)11-9-17)31(27,28)19-6-4-5-15(13-19)22(26)24-20-14-16(23)7-12-21(20)30-3/h4-14H,1-3H3,(H,24,26). The Morgan fingerprint density at radius 2 is 1.68 bits per heavy atom. The molecule has 3 aromatic carbocycles. The summed E-state index contributed by atoms with van der Waals surface area (Å²) in [4.78, 5) is 12.7. The van der Waals surface area contributed by atoms with Crippen molar-refractivity contribution in [3.63, 3.8) is 0 Å². The Labute approximate surface area is 186 Å². The minimum Gasteiger partial charge on any atom is -0.497 e. The molecule has 0 radical (unpaired) electrons. The molecule has 9 heteroatoms. The first-order chi connectivity index (χ1) is 14.8. The molecule has 0 aliphatic heterocycles. The number of anilines is 2. The fraction of sp³-hybridized carbons (Fsp3) is 0.136. The van der Waals surface area contributed by atoms with Gasteiger partial charge in [-0.05, 0) is 60.7 Å². The lowest BCUT2D eigenvalue weighted by Crippen LogP contribution is -2.26. The minimum atomic E-state index is -3.89. The molecule has 1 amide bonds. The van der Waals surface area contributed by atoms with Crippen LogP contribution in [0.25, 0.3) is 0 Å². The van der Waals surface area contributed by atoms with Crippen molar-refractivity contribution in [2.24, 2.45) is 0 Å². The maximum absolute atomic E-state index is 13.1. The van der Waals surface area contributed by atoms with E-state index in [9.17, 15) is 13.2 Å². The fourth-order valence-corrected chi connectivity index (χ4v) is 4.27.